The molecule has 0 bridgehead atoms. The van der Waals surface area contributed by atoms with Crippen LogP contribution in [0.25, 0.3) is 0 Å². The van der Waals surface area contributed by atoms with E-state index in [0.29, 0.717) is 18.0 Å². The highest BCUT2D eigenvalue weighted by molar-refractivity contribution is 6.30. The van der Waals surface area contributed by atoms with Crippen molar-refractivity contribution in [3.05, 3.63) is 89.5 Å². The molecule has 1 aromatic heterocycles. The molecule has 1 heterocycles. The summed E-state index contributed by atoms with van der Waals surface area (Å²) >= 11 is 6.18. The van der Waals surface area contributed by atoms with Crippen LogP contribution in [0, 0.1) is 0 Å². The smallest absolute Gasteiger partial charge is 0.223 e. The van der Waals surface area contributed by atoms with Gasteiger partial charge < -0.3 is 9.47 Å². The number of likely N-dealkylation sites (N-methyl/N-ethyl adjacent to an activating group) is 1. The minimum Gasteiger partial charge on any atom is -0.344 e. The zero-order chi connectivity index (χ0) is 18.4. The summed E-state index contributed by atoms with van der Waals surface area (Å²) in [4.78, 5) is 18.6. The minimum atomic E-state index is -0.0157. The van der Waals surface area contributed by atoms with Crippen LogP contribution in [-0.2, 0) is 11.3 Å². The Morgan fingerprint density at radius 2 is 1.92 bits per heavy atom. The van der Waals surface area contributed by atoms with Gasteiger partial charge in [0.05, 0.1) is 6.33 Å². The molecule has 0 spiro atoms. The van der Waals surface area contributed by atoms with Gasteiger partial charge in [-0.2, -0.15) is 0 Å². The monoisotopic (exact) mass is 367 g/mol. The molecular weight excluding hydrogens is 346 g/mol. The number of nitrogens with zero attached hydrogens (tertiary/aromatic N) is 3. The van der Waals surface area contributed by atoms with E-state index in [1.54, 1.807) is 17.4 Å². The molecule has 2 aromatic carbocycles. The molecule has 3 aromatic rings. The van der Waals surface area contributed by atoms with E-state index in [1.807, 2.05) is 60.3 Å². The third-order valence-electron chi connectivity index (χ3n) is 4.51. The van der Waals surface area contributed by atoms with E-state index >= 15 is 0 Å². The number of carbonyl (C=O) groups is 1. The molecular formula is C21H22ClN3O. The summed E-state index contributed by atoms with van der Waals surface area (Å²) in [6.45, 7) is 1.38. The molecule has 0 aliphatic rings. The molecule has 1 amide bonds. The second kappa shape index (κ2) is 8.68. The fraction of sp³-hybridized carbons (Fsp3) is 0.238. The quantitative estimate of drug-likeness (QED) is 0.627. The second-order valence-electron chi connectivity index (χ2n) is 6.34. The third-order valence-corrected chi connectivity index (χ3v) is 4.75. The van der Waals surface area contributed by atoms with Crippen LogP contribution in [0.15, 0.2) is 73.3 Å². The molecule has 4 nitrogen and oxygen atoms in total. The van der Waals surface area contributed by atoms with Crippen LogP contribution >= 0.6 is 11.6 Å². The van der Waals surface area contributed by atoms with Gasteiger partial charge in [0.2, 0.25) is 5.91 Å². The number of amides is 1. The molecule has 5 heteroatoms. The van der Waals surface area contributed by atoms with Crippen molar-refractivity contribution in [3.8, 4) is 0 Å². The van der Waals surface area contributed by atoms with Crippen LogP contribution in [0.3, 0.4) is 0 Å². The minimum absolute atomic E-state index is 0.0157. The molecule has 0 aliphatic heterocycles. The van der Waals surface area contributed by atoms with Crippen LogP contribution in [0.2, 0.25) is 5.02 Å². The van der Waals surface area contributed by atoms with Gasteiger partial charge in [-0.15, -0.1) is 0 Å². The first-order valence-corrected chi connectivity index (χ1v) is 9.01. The SMILES string of the molecule is CN(CCn1ccnc1)C(=O)CC(c1ccccc1)c1cccc(Cl)c1. The molecule has 0 aliphatic carbocycles. The maximum absolute atomic E-state index is 12.8. The molecule has 1 atom stereocenters. The maximum Gasteiger partial charge on any atom is 0.223 e. The van der Waals surface area contributed by atoms with E-state index in [1.165, 1.54) is 0 Å². The summed E-state index contributed by atoms with van der Waals surface area (Å²) < 4.78 is 1.97. The number of aromatic nitrogens is 2. The number of benzene rings is 2. The van der Waals surface area contributed by atoms with Crippen molar-refractivity contribution in [3.63, 3.8) is 0 Å². The van der Waals surface area contributed by atoms with Crippen molar-refractivity contribution < 1.29 is 4.79 Å². The fourth-order valence-electron chi connectivity index (χ4n) is 2.98. The molecule has 0 saturated heterocycles. The first-order chi connectivity index (χ1) is 12.6. The average Bonchev–Trinajstić information content (AvgIpc) is 3.18. The molecule has 3 rings (SSSR count). The molecule has 134 valence electrons. The molecule has 26 heavy (non-hydrogen) atoms. The summed E-state index contributed by atoms with van der Waals surface area (Å²) in [6, 6.07) is 17.9. The van der Waals surface area contributed by atoms with Crippen molar-refractivity contribution >= 4 is 17.5 Å². The van der Waals surface area contributed by atoms with E-state index in [9.17, 15) is 4.79 Å². The number of hydrogen-bond acceptors (Lipinski definition) is 2. The van der Waals surface area contributed by atoms with Crippen molar-refractivity contribution in [1.82, 2.24) is 14.5 Å². The van der Waals surface area contributed by atoms with Crippen LogP contribution in [-0.4, -0.2) is 34.0 Å². The lowest BCUT2D eigenvalue weighted by atomic mass is 9.88. The Bertz CT molecular complexity index is 833. The van der Waals surface area contributed by atoms with E-state index in [4.69, 9.17) is 11.6 Å². The lowest BCUT2D eigenvalue weighted by Crippen LogP contribution is -2.31. The van der Waals surface area contributed by atoms with Gasteiger partial charge in [0.1, 0.15) is 0 Å². The van der Waals surface area contributed by atoms with Gasteiger partial charge >= 0.3 is 0 Å². The Labute approximate surface area is 159 Å². The van der Waals surface area contributed by atoms with Gasteiger partial charge in [-0.25, -0.2) is 4.98 Å². The fourth-order valence-corrected chi connectivity index (χ4v) is 3.18. The summed E-state index contributed by atoms with van der Waals surface area (Å²) in [7, 11) is 1.85. The maximum atomic E-state index is 12.8. The van der Waals surface area contributed by atoms with E-state index < -0.39 is 0 Å². The molecule has 0 saturated carbocycles. The van der Waals surface area contributed by atoms with Gasteiger partial charge in [0.15, 0.2) is 0 Å². The van der Waals surface area contributed by atoms with E-state index in [-0.39, 0.29) is 11.8 Å². The predicted octanol–water partition coefficient (Wildman–Crippen LogP) is 4.22. The van der Waals surface area contributed by atoms with Gasteiger partial charge in [0, 0.05) is 49.9 Å². The number of hydrogen-bond donors (Lipinski definition) is 0. The van der Waals surface area contributed by atoms with E-state index in [0.717, 1.165) is 17.7 Å². The normalized spacial score (nSPS) is 11.9. The van der Waals surface area contributed by atoms with Crippen molar-refractivity contribution in [2.24, 2.45) is 0 Å². The zero-order valence-corrected chi connectivity index (χ0v) is 15.5. The summed E-state index contributed by atoms with van der Waals surface area (Å²) in [6.07, 6.45) is 5.81. The predicted molar refractivity (Wildman–Crippen MR) is 104 cm³/mol. The lowest BCUT2D eigenvalue weighted by Gasteiger charge is -2.23. The summed E-state index contributed by atoms with van der Waals surface area (Å²) in [5, 5.41) is 0.685. The van der Waals surface area contributed by atoms with Gasteiger partial charge in [-0.1, -0.05) is 54.1 Å². The first-order valence-electron chi connectivity index (χ1n) is 8.63. The number of rotatable bonds is 7. The van der Waals surface area contributed by atoms with Crippen LogP contribution in [0.5, 0.6) is 0 Å². The third kappa shape index (κ3) is 4.73. The van der Waals surface area contributed by atoms with Crippen LogP contribution in [0.1, 0.15) is 23.5 Å². The molecule has 1 unspecified atom stereocenters. The highest BCUT2D eigenvalue weighted by atomic mass is 35.5. The number of carbonyl (C=O) groups excluding carboxylic acids is 1. The second-order valence-corrected chi connectivity index (χ2v) is 6.77. The molecule has 0 N–H and O–H groups in total. The highest BCUT2D eigenvalue weighted by Crippen LogP contribution is 2.30. The molecule has 0 fully saturated rings. The van der Waals surface area contributed by atoms with Crippen LogP contribution in [0.4, 0.5) is 0 Å². The first kappa shape index (κ1) is 18.2. The van der Waals surface area contributed by atoms with E-state index in [2.05, 4.69) is 17.1 Å². The Hall–Kier alpha value is -2.59. The van der Waals surface area contributed by atoms with Crippen LogP contribution < -0.4 is 0 Å². The number of halogens is 1. The molecule has 0 radical (unpaired) electrons. The summed E-state index contributed by atoms with van der Waals surface area (Å²) in [5.74, 6) is 0.0945. The topological polar surface area (TPSA) is 38.1 Å². The Morgan fingerprint density at radius 1 is 1.15 bits per heavy atom. The van der Waals surface area contributed by atoms with Gasteiger partial charge in [0.25, 0.3) is 0 Å². The van der Waals surface area contributed by atoms with Crippen molar-refractivity contribution in [2.75, 3.05) is 13.6 Å². The summed E-state index contributed by atoms with van der Waals surface area (Å²) in [5.41, 5.74) is 2.17. The van der Waals surface area contributed by atoms with Crippen molar-refractivity contribution in [1.29, 1.82) is 0 Å². The zero-order valence-electron chi connectivity index (χ0n) is 14.8. The Morgan fingerprint density at radius 3 is 2.62 bits per heavy atom. The largest absolute Gasteiger partial charge is 0.344 e. The average molecular weight is 368 g/mol. The van der Waals surface area contributed by atoms with Gasteiger partial charge in [-0.3, -0.25) is 4.79 Å². The standard InChI is InChI=1S/C21H22ClN3O/c1-24(12-13-25-11-10-23-16-25)21(26)15-20(17-6-3-2-4-7-17)18-8-5-9-19(22)14-18/h2-11,14,16,20H,12-13,15H2,1H3. The Kier molecular flexibility index (Phi) is 6.08. The van der Waals surface area contributed by atoms with Crippen molar-refractivity contribution in [2.45, 2.75) is 18.9 Å². The lowest BCUT2D eigenvalue weighted by molar-refractivity contribution is -0.130. The van der Waals surface area contributed by atoms with Gasteiger partial charge in [-0.05, 0) is 23.3 Å². The Balaban J connectivity index is 1.73. The highest BCUT2D eigenvalue weighted by Gasteiger charge is 2.20. The number of imidazole rings is 1.